The van der Waals surface area contributed by atoms with Crippen molar-refractivity contribution in [1.82, 2.24) is 15.0 Å². The lowest BCUT2D eigenvalue weighted by Gasteiger charge is -2.10. The number of rotatable bonds is 7. The van der Waals surface area contributed by atoms with Gasteiger partial charge in [0.1, 0.15) is 5.84 Å². The number of nitrogens with two attached hydrogens (primary N) is 2. The van der Waals surface area contributed by atoms with Crippen LogP contribution in [0.4, 0.5) is 11.9 Å². The Morgan fingerprint density at radius 2 is 1.91 bits per heavy atom. The summed E-state index contributed by atoms with van der Waals surface area (Å²) in [4.78, 5) is 19.1. The first-order valence-electron chi connectivity index (χ1n) is 7.20. The number of benzene rings is 1. The Labute approximate surface area is 135 Å². The van der Waals surface area contributed by atoms with E-state index >= 15 is 0 Å². The molecule has 0 fully saturated rings. The fourth-order valence-electron chi connectivity index (χ4n) is 1.83. The molecule has 0 atom stereocenters. The van der Waals surface area contributed by atoms with Gasteiger partial charge in [0.25, 0.3) is 0 Å². The average Bonchev–Trinajstić information content (AvgIpc) is 2.53. The second-order valence-electron chi connectivity index (χ2n) is 5.15. The lowest BCUT2D eigenvalue weighted by atomic mass is 10.1. The van der Waals surface area contributed by atoms with Gasteiger partial charge in [0.05, 0.1) is 0 Å². The fourth-order valence-corrected chi connectivity index (χ4v) is 1.83. The summed E-state index contributed by atoms with van der Waals surface area (Å²) in [6, 6.07) is 10.1. The molecule has 1 aromatic carbocycles. The van der Waals surface area contributed by atoms with Crippen LogP contribution in [0, 0.1) is 0 Å². The van der Waals surface area contributed by atoms with Crippen molar-refractivity contribution >= 4 is 17.7 Å². The summed E-state index contributed by atoms with van der Waals surface area (Å²) < 4.78 is 0. The van der Waals surface area contributed by atoms with E-state index in [1.807, 2.05) is 44.4 Å². The molecule has 0 saturated carbocycles. The molecule has 0 aliphatic heterocycles. The van der Waals surface area contributed by atoms with Gasteiger partial charge in [-0.2, -0.15) is 15.0 Å². The summed E-state index contributed by atoms with van der Waals surface area (Å²) in [5.41, 5.74) is 12.7. The SMILES string of the molecule is CN(C)c1nc(N)nc(CO/N=C(\N)CCc2ccccc2)n1. The van der Waals surface area contributed by atoms with Gasteiger partial charge in [-0.15, -0.1) is 0 Å². The average molecular weight is 315 g/mol. The zero-order valence-corrected chi connectivity index (χ0v) is 13.3. The molecule has 8 heteroatoms. The van der Waals surface area contributed by atoms with E-state index in [1.54, 1.807) is 4.90 Å². The van der Waals surface area contributed by atoms with Gasteiger partial charge in [-0.25, -0.2) is 0 Å². The summed E-state index contributed by atoms with van der Waals surface area (Å²) in [6.45, 7) is 0.0829. The fraction of sp³-hybridized carbons (Fsp3) is 0.333. The van der Waals surface area contributed by atoms with Gasteiger partial charge in [-0.3, -0.25) is 0 Å². The van der Waals surface area contributed by atoms with Gasteiger partial charge in [-0.1, -0.05) is 35.5 Å². The summed E-state index contributed by atoms with van der Waals surface area (Å²) in [5, 5.41) is 3.88. The molecular weight excluding hydrogens is 294 g/mol. The van der Waals surface area contributed by atoms with E-state index in [1.165, 1.54) is 5.56 Å². The predicted molar refractivity (Wildman–Crippen MR) is 89.7 cm³/mol. The number of nitrogen functional groups attached to an aromatic ring is 1. The van der Waals surface area contributed by atoms with Crippen LogP contribution >= 0.6 is 0 Å². The van der Waals surface area contributed by atoms with E-state index in [-0.39, 0.29) is 12.6 Å². The third-order valence-corrected chi connectivity index (χ3v) is 2.98. The standard InChI is InChI=1S/C15H21N7O/c1-22(2)15-19-13(18-14(17)20-15)10-23-21-12(16)9-8-11-6-4-3-5-7-11/h3-7H,8-10H2,1-2H3,(H2,16,21)(H2,17,18,19,20). The van der Waals surface area contributed by atoms with E-state index in [9.17, 15) is 0 Å². The molecular formula is C15H21N7O. The molecule has 23 heavy (non-hydrogen) atoms. The second-order valence-corrected chi connectivity index (χ2v) is 5.15. The first-order chi connectivity index (χ1) is 11.0. The zero-order chi connectivity index (χ0) is 16.7. The normalized spacial score (nSPS) is 11.3. The lowest BCUT2D eigenvalue weighted by Crippen LogP contribution is -2.17. The van der Waals surface area contributed by atoms with Gasteiger partial charge < -0.3 is 21.2 Å². The van der Waals surface area contributed by atoms with E-state index < -0.39 is 0 Å². The lowest BCUT2D eigenvalue weighted by molar-refractivity contribution is 0.123. The first-order valence-corrected chi connectivity index (χ1v) is 7.20. The Morgan fingerprint density at radius 3 is 2.61 bits per heavy atom. The minimum atomic E-state index is 0.0829. The summed E-state index contributed by atoms with van der Waals surface area (Å²) in [6.07, 6.45) is 1.43. The van der Waals surface area contributed by atoms with Crippen molar-refractivity contribution in [3.63, 3.8) is 0 Å². The van der Waals surface area contributed by atoms with E-state index in [4.69, 9.17) is 16.3 Å². The van der Waals surface area contributed by atoms with Crippen LogP contribution in [0.2, 0.25) is 0 Å². The van der Waals surface area contributed by atoms with E-state index in [0.29, 0.717) is 24.0 Å². The van der Waals surface area contributed by atoms with Crippen LogP contribution in [-0.2, 0) is 17.9 Å². The van der Waals surface area contributed by atoms with E-state index in [2.05, 4.69) is 20.1 Å². The molecule has 122 valence electrons. The van der Waals surface area contributed by atoms with Crippen molar-refractivity contribution in [3.05, 3.63) is 41.7 Å². The van der Waals surface area contributed by atoms with Crippen molar-refractivity contribution in [2.24, 2.45) is 10.9 Å². The third kappa shape index (κ3) is 5.42. The van der Waals surface area contributed by atoms with Crippen LogP contribution in [-0.4, -0.2) is 34.9 Å². The molecule has 0 radical (unpaired) electrons. The highest BCUT2D eigenvalue weighted by atomic mass is 16.6. The summed E-state index contributed by atoms with van der Waals surface area (Å²) in [7, 11) is 3.64. The number of anilines is 2. The maximum atomic E-state index is 5.83. The minimum absolute atomic E-state index is 0.0829. The molecule has 2 aromatic rings. The van der Waals surface area contributed by atoms with Gasteiger partial charge >= 0.3 is 0 Å². The molecule has 8 nitrogen and oxygen atoms in total. The van der Waals surface area contributed by atoms with Crippen LogP contribution in [0.1, 0.15) is 17.8 Å². The molecule has 0 aliphatic rings. The maximum absolute atomic E-state index is 5.83. The van der Waals surface area contributed by atoms with Crippen molar-refractivity contribution < 1.29 is 4.84 Å². The minimum Gasteiger partial charge on any atom is -0.386 e. The molecule has 0 saturated heterocycles. The van der Waals surface area contributed by atoms with Crippen molar-refractivity contribution in [3.8, 4) is 0 Å². The number of aromatic nitrogens is 3. The van der Waals surface area contributed by atoms with Crippen LogP contribution in [0.5, 0.6) is 0 Å². The zero-order valence-electron chi connectivity index (χ0n) is 13.3. The summed E-state index contributed by atoms with van der Waals surface area (Å²) >= 11 is 0. The van der Waals surface area contributed by atoms with Crippen LogP contribution in [0.15, 0.2) is 35.5 Å². The number of hydrogen-bond acceptors (Lipinski definition) is 7. The molecule has 1 heterocycles. The Bertz CT molecular complexity index is 658. The molecule has 2 rings (SSSR count). The maximum Gasteiger partial charge on any atom is 0.230 e. The number of nitrogens with zero attached hydrogens (tertiary/aromatic N) is 5. The highest BCUT2D eigenvalue weighted by molar-refractivity contribution is 5.79. The Kier molecular flexibility index (Phi) is 5.67. The van der Waals surface area contributed by atoms with Crippen LogP contribution in [0.25, 0.3) is 0 Å². The van der Waals surface area contributed by atoms with Crippen molar-refractivity contribution in [2.45, 2.75) is 19.4 Å². The monoisotopic (exact) mass is 315 g/mol. The Balaban J connectivity index is 1.85. The molecule has 1 aromatic heterocycles. The summed E-state index contributed by atoms with van der Waals surface area (Å²) in [5.74, 6) is 1.44. The number of amidine groups is 1. The smallest absolute Gasteiger partial charge is 0.230 e. The van der Waals surface area contributed by atoms with Gasteiger partial charge in [0.2, 0.25) is 11.9 Å². The molecule has 0 bridgehead atoms. The highest BCUT2D eigenvalue weighted by Crippen LogP contribution is 2.07. The van der Waals surface area contributed by atoms with Crippen molar-refractivity contribution in [1.29, 1.82) is 0 Å². The number of oxime groups is 1. The van der Waals surface area contributed by atoms with Crippen LogP contribution < -0.4 is 16.4 Å². The largest absolute Gasteiger partial charge is 0.386 e. The molecule has 0 spiro atoms. The molecule has 0 unspecified atom stereocenters. The van der Waals surface area contributed by atoms with E-state index in [0.717, 1.165) is 6.42 Å². The molecule has 4 N–H and O–H groups in total. The Morgan fingerprint density at radius 1 is 1.17 bits per heavy atom. The third-order valence-electron chi connectivity index (χ3n) is 2.98. The van der Waals surface area contributed by atoms with Gasteiger partial charge in [0, 0.05) is 20.5 Å². The topological polar surface area (TPSA) is 116 Å². The Hall–Kier alpha value is -2.90. The van der Waals surface area contributed by atoms with Crippen LogP contribution in [0.3, 0.4) is 0 Å². The number of aryl methyl sites for hydroxylation is 1. The number of hydrogen-bond donors (Lipinski definition) is 2. The molecule has 0 amide bonds. The quantitative estimate of drug-likeness (QED) is 0.444. The first kappa shape index (κ1) is 16.5. The van der Waals surface area contributed by atoms with Crippen molar-refractivity contribution in [2.75, 3.05) is 24.7 Å². The van der Waals surface area contributed by atoms with Gasteiger partial charge in [-0.05, 0) is 12.0 Å². The van der Waals surface area contributed by atoms with Gasteiger partial charge in [0.15, 0.2) is 12.4 Å². The second kappa shape index (κ2) is 7.92. The molecule has 0 aliphatic carbocycles. The highest BCUT2D eigenvalue weighted by Gasteiger charge is 2.06. The predicted octanol–water partition coefficient (Wildman–Crippen LogP) is 0.941.